The molecule has 2 rings (SSSR count). The molecular formula is C19H32N4O2S. The monoisotopic (exact) mass is 380 g/mol. The second kappa shape index (κ2) is 9.92. The van der Waals surface area contributed by atoms with E-state index in [2.05, 4.69) is 34.2 Å². The van der Waals surface area contributed by atoms with Gasteiger partial charge in [-0.2, -0.15) is 0 Å². The Morgan fingerprint density at radius 2 is 1.88 bits per heavy atom. The van der Waals surface area contributed by atoms with Crippen molar-refractivity contribution in [1.82, 2.24) is 15.4 Å². The quantitative estimate of drug-likeness (QED) is 0.501. The fourth-order valence-electron chi connectivity index (χ4n) is 3.20. The minimum absolute atomic E-state index is 0.0143. The predicted octanol–water partition coefficient (Wildman–Crippen LogP) is 2.37. The van der Waals surface area contributed by atoms with E-state index < -0.39 is 10.0 Å². The highest BCUT2D eigenvalue weighted by atomic mass is 32.2. The number of nitrogens with zero attached hydrogens (tertiary/aromatic N) is 1. The van der Waals surface area contributed by atoms with Crippen LogP contribution in [0.15, 0.2) is 29.3 Å². The first-order valence-corrected chi connectivity index (χ1v) is 11.1. The molecule has 26 heavy (non-hydrogen) atoms. The molecule has 0 unspecified atom stereocenters. The normalized spacial score (nSPS) is 21.4. The lowest BCUT2D eigenvalue weighted by Crippen LogP contribution is -2.44. The van der Waals surface area contributed by atoms with Crippen molar-refractivity contribution in [1.29, 1.82) is 0 Å². The summed E-state index contributed by atoms with van der Waals surface area (Å²) in [6, 6.07) is 8.08. The van der Waals surface area contributed by atoms with Crippen LogP contribution in [0.25, 0.3) is 0 Å². The van der Waals surface area contributed by atoms with Crippen molar-refractivity contribution >= 4 is 16.0 Å². The molecule has 0 aromatic heterocycles. The minimum atomic E-state index is -3.26. The Bertz CT molecular complexity index is 695. The van der Waals surface area contributed by atoms with Gasteiger partial charge >= 0.3 is 0 Å². The number of guanidine groups is 1. The molecule has 3 N–H and O–H groups in total. The summed E-state index contributed by atoms with van der Waals surface area (Å²) in [6.07, 6.45) is 4.89. The lowest BCUT2D eigenvalue weighted by Gasteiger charge is -2.28. The van der Waals surface area contributed by atoms with Crippen LogP contribution in [0.1, 0.15) is 50.7 Å². The van der Waals surface area contributed by atoms with Crippen molar-refractivity contribution < 1.29 is 8.42 Å². The van der Waals surface area contributed by atoms with E-state index in [0.29, 0.717) is 12.6 Å². The van der Waals surface area contributed by atoms with Crippen LogP contribution in [0, 0.1) is 5.92 Å². The topological polar surface area (TPSA) is 82.6 Å². The van der Waals surface area contributed by atoms with Crippen molar-refractivity contribution in [2.45, 2.75) is 57.9 Å². The molecule has 1 saturated carbocycles. The second-order valence-electron chi connectivity index (χ2n) is 7.08. The summed E-state index contributed by atoms with van der Waals surface area (Å²) in [5.74, 6) is 1.64. The van der Waals surface area contributed by atoms with E-state index in [-0.39, 0.29) is 5.75 Å². The molecule has 1 aliphatic carbocycles. The summed E-state index contributed by atoms with van der Waals surface area (Å²) >= 11 is 0. The van der Waals surface area contributed by atoms with Crippen LogP contribution in [0.2, 0.25) is 0 Å². The van der Waals surface area contributed by atoms with E-state index in [1.807, 2.05) is 24.3 Å². The van der Waals surface area contributed by atoms with E-state index in [4.69, 9.17) is 0 Å². The van der Waals surface area contributed by atoms with Crippen molar-refractivity contribution in [2.75, 3.05) is 13.6 Å². The van der Waals surface area contributed by atoms with E-state index in [1.54, 1.807) is 0 Å². The van der Waals surface area contributed by atoms with Gasteiger partial charge in [0, 0.05) is 12.6 Å². The Balaban J connectivity index is 2.00. The van der Waals surface area contributed by atoms with Crippen LogP contribution in [-0.4, -0.2) is 34.0 Å². The number of nitrogens with one attached hydrogen (secondary N) is 3. The van der Waals surface area contributed by atoms with Crippen molar-refractivity contribution in [2.24, 2.45) is 10.9 Å². The predicted molar refractivity (Wildman–Crippen MR) is 107 cm³/mol. The highest BCUT2D eigenvalue weighted by Crippen LogP contribution is 2.23. The summed E-state index contributed by atoms with van der Waals surface area (Å²) in [6.45, 7) is 5.71. The van der Waals surface area contributed by atoms with Gasteiger partial charge in [0.2, 0.25) is 10.0 Å². The zero-order valence-electron chi connectivity index (χ0n) is 16.1. The summed E-state index contributed by atoms with van der Waals surface area (Å²) in [4.78, 5) is 4.68. The van der Waals surface area contributed by atoms with Gasteiger partial charge in [-0.1, -0.05) is 31.2 Å². The van der Waals surface area contributed by atoms with Crippen LogP contribution in [0.4, 0.5) is 0 Å². The average molecular weight is 381 g/mol. The van der Waals surface area contributed by atoms with Gasteiger partial charge in [-0.25, -0.2) is 18.1 Å². The molecule has 1 fully saturated rings. The molecule has 6 nitrogen and oxygen atoms in total. The first kappa shape index (κ1) is 20.7. The lowest BCUT2D eigenvalue weighted by atomic mass is 9.87. The standard InChI is InChI=1S/C19H32N4O2S/c1-4-21-19(23-18-10-8-15(2)9-11-18)22-13-16-6-5-7-17(12-16)14-26(24,25)20-3/h5-7,12,15,18,20H,4,8-11,13-14H2,1-3H3,(H2,21,22,23). The molecule has 0 atom stereocenters. The molecule has 1 aromatic carbocycles. The van der Waals surface area contributed by atoms with Crippen molar-refractivity contribution in [3.63, 3.8) is 0 Å². The highest BCUT2D eigenvalue weighted by molar-refractivity contribution is 7.88. The number of aliphatic imine (C=N–C) groups is 1. The third-order valence-electron chi connectivity index (χ3n) is 4.78. The van der Waals surface area contributed by atoms with Crippen LogP contribution in [-0.2, 0) is 22.3 Å². The number of benzene rings is 1. The highest BCUT2D eigenvalue weighted by Gasteiger charge is 2.18. The summed E-state index contributed by atoms with van der Waals surface area (Å²) in [7, 11) is -1.83. The zero-order chi connectivity index (χ0) is 19.0. The van der Waals surface area contributed by atoms with E-state index in [9.17, 15) is 8.42 Å². The van der Waals surface area contributed by atoms with E-state index in [1.165, 1.54) is 32.7 Å². The van der Waals surface area contributed by atoms with Gasteiger partial charge in [-0.3, -0.25) is 0 Å². The van der Waals surface area contributed by atoms with Gasteiger partial charge in [-0.15, -0.1) is 0 Å². The van der Waals surface area contributed by atoms with Gasteiger partial charge < -0.3 is 10.6 Å². The van der Waals surface area contributed by atoms with Gasteiger partial charge in [-0.05, 0) is 56.7 Å². The molecule has 0 saturated heterocycles. The average Bonchev–Trinajstić information content (AvgIpc) is 2.62. The van der Waals surface area contributed by atoms with Gasteiger partial charge in [0.05, 0.1) is 12.3 Å². The maximum atomic E-state index is 11.7. The fraction of sp³-hybridized carbons (Fsp3) is 0.632. The molecule has 1 aromatic rings. The molecule has 0 spiro atoms. The van der Waals surface area contributed by atoms with Gasteiger partial charge in [0.1, 0.15) is 0 Å². The molecule has 146 valence electrons. The smallest absolute Gasteiger partial charge is 0.215 e. The zero-order valence-corrected chi connectivity index (χ0v) is 16.9. The maximum Gasteiger partial charge on any atom is 0.215 e. The third-order valence-corrected chi connectivity index (χ3v) is 6.12. The fourth-order valence-corrected chi connectivity index (χ4v) is 3.96. The van der Waals surface area contributed by atoms with Crippen LogP contribution in [0.5, 0.6) is 0 Å². The Morgan fingerprint density at radius 1 is 1.19 bits per heavy atom. The first-order chi connectivity index (χ1) is 12.4. The molecule has 7 heteroatoms. The number of rotatable bonds is 7. The third kappa shape index (κ3) is 6.96. The second-order valence-corrected chi connectivity index (χ2v) is 9.01. The molecule has 1 aliphatic rings. The minimum Gasteiger partial charge on any atom is -0.357 e. The maximum absolute atomic E-state index is 11.7. The largest absolute Gasteiger partial charge is 0.357 e. The SMILES string of the molecule is CCNC(=NCc1cccc(CS(=O)(=O)NC)c1)NC1CCC(C)CC1. The van der Waals surface area contributed by atoms with Gasteiger partial charge in [0.25, 0.3) is 0 Å². The van der Waals surface area contributed by atoms with Crippen molar-refractivity contribution in [3.8, 4) is 0 Å². The lowest BCUT2D eigenvalue weighted by molar-refractivity contribution is 0.329. The molecular weight excluding hydrogens is 348 g/mol. The summed E-state index contributed by atoms with van der Waals surface area (Å²) in [5.41, 5.74) is 1.77. The Hall–Kier alpha value is -1.60. The van der Waals surface area contributed by atoms with E-state index in [0.717, 1.165) is 29.5 Å². The Morgan fingerprint density at radius 3 is 2.54 bits per heavy atom. The van der Waals surface area contributed by atoms with E-state index >= 15 is 0 Å². The number of hydrogen-bond donors (Lipinski definition) is 3. The number of sulfonamides is 1. The van der Waals surface area contributed by atoms with Crippen LogP contribution in [0.3, 0.4) is 0 Å². The Kier molecular flexibility index (Phi) is 7.90. The molecule has 0 amide bonds. The Labute approximate surface area is 157 Å². The molecule has 0 aliphatic heterocycles. The first-order valence-electron chi connectivity index (χ1n) is 9.45. The summed E-state index contributed by atoms with van der Waals surface area (Å²) in [5, 5.41) is 6.85. The molecule has 0 bridgehead atoms. The van der Waals surface area contributed by atoms with Gasteiger partial charge in [0.15, 0.2) is 5.96 Å². The van der Waals surface area contributed by atoms with Crippen LogP contribution < -0.4 is 15.4 Å². The summed E-state index contributed by atoms with van der Waals surface area (Å²) < 4.78 is 25.8. The van der Waals surface area contributed by atoms with Crippen molar-refractivity contribution in [3.05, 3.63) is 35.4 Å². The molecule has 0 radical (unpaired) electrons. The number of hydrogen-bond acceptors (Lipinski definition) is 3. The molecule has 0 heterocycles. The van der Waals surface area contributed by atoms with Crippen LogP contribution >= 0.6 is 0 Å².